The van der Waals surface area contributed by atoms with Crippen LogP contribution in [0.25, 0.3) is 0 Å². The number of rotatable bonds is 1. The number of nitrogens with zero attached hydrogens (tertiary/aromatic N) is 1. The molecule has 3 heteroatoms. The highest BCUT2D eigenvalue weighted by molar-refractivity contribution is 6.23. The van der Waals surface area contributed by atoms with Crippen molar-refractivity contribution in [1.82, 2.24) is 0 Å². The summed E-state index contributed by atoms with van der Waals surface area (Å²) in [5, 5.41) is 0. The summed E-state index contributed by atoms with van der Waals surface area (Å²) in [6.07, 6.45) is 1.25. The summed E-state index contributed by atoms with van der Waals surface area (Å²) >= 11 is 0. The van der Waals surface area contributed by atoms with Gasteiger partial charge in [-0.15, -0.1) is 0 Å². The molecular weight excluding hydrogens is 190 g/mol. The predicted octanol–water partition coefficient (Wildman–Crippen LogP) is 2.13. The molecule has 0 amide bonds. The third-order valence-electron chi connectivity index (χ3n) is 2.47. The Morgan fingerprint density at radius 1 is 1.27 bits per heavy atom. The molecule has 0 bridgehead atoms. The Morgan fingerprint density at radius 2 is 1.93 bits per heavy atom. The van der Waals surface area contributed by atoms with Crippen molar-refractivity contribution < 1.29 is 9.53 Å². The quantitative estimate of drug-likeness (QED) is 0.656. The van der Waals surface area contributed by atoms with Crippen molar-refractivity contribution in [1.29, 1.82) is 0 Å². The molecule has 1 atom stereocenters. The first-order valence-corrected chi connectivity index (χ1v) is 4.91. The zero-order valence-corrected chi connectivity index (χ0v) is 8.81. The third kappa shape index (κ3) is 1.91. The van der Waals surface area contributed by atoms with E-state index in [1.807, 2.05) is 44.2 Å². The van der Waals surface area contributed by atoms with Crippen molar-refractivity contribution >= 4 is 12.2 Å². The molecule has 0 aromatic heterocycles. The fourth-order valence-corrected chi connectivity index (χ4v) is 1.78. The maximum absolute atomic E-state index is 11.1. The summed E-state index contributed by atoms with van der Waals surface area (Å²) in [4.78, 5) is 15.3. The molecule has 1 heterocycles. The van der Waals surface area contributed by atoms with E-state index in [0.717, 1.165) is 5.56 Å². The standard InChI is InChI=1S/C12H13NO2/c1-12(2)11(13-8-10(14)15-12)9-6-4-3-5-7-9/h3-8,11H,1-2H3/t11-/m1/s1. The lowest BCUT2D eigenvalue weighted by Crippen LogP contribution is -2.38. The van der Waals surface area contributed by atoms with Crippen molar-refractivity contribution in [3.63, 3.8) is 0 Å². The smallest absolute Gasteiger partial charge is 0.349 e. The molecule has 0 N–H and O–H groups in total. The molecule has 0 aliphatic carbocycles. The first-order chi connectivity index (χ1) is 7.09. The van der Waals surface area contributed by atoms with E-state index in [9.17, 15) is 4.79 Å². The first-order valence-electron chi connectivity index (χ1n) is 4.91. The SMILES string of the molecule is CC1(C)OC(=O)C=N[C@@H]1c1ccccc1. The molecule has 0 spiro atoms. The lowest BCUT2D eigenvalue weighted by Gasteiger charge is -2.33. The summed E-state index contributed by atoms with van der Waals surface area (Å²) in [7, 11) is 0. The maximum Gasteiger partial charge on any atom is 0.349 e. The van der Waals surface area contributed by atoms with Crippen molar-refractivity contribution in [3.8, 4) is 0 Å². The fraction of sp³-hybridized carbons (Fsp3) is 0.333. The van der Waals surface area contributed by atoms with Crippen LogP contribution >= 0.6 is 0 Å². The highest BCUT2D eigenvalue weighted by atomic mass is 16.6. The molecule has 1 aromatic carbocycles. The maximum atomic E-state index is 11.1. The fourth-order valence-electron chi connectivity index (χ4n) is 1.78. The van der Waals surface area contributed by atoms with Gasteiger partial charge in [-0.25, -0.2) is 4.79 Å². The number of benzene rings is 1. The highest BCUT2D eigenvalue weighted by Crippen LogP contribution is 2.34. The van der Waals surface area contributed by atoms with Crippen LogP contribution in [0, 0.1) is 0 Å². The molecule has 0 saturated heterocycles. The van der Waals surface area contributed by atoms with Crippen LogP contribution in [0.1, 0.15) is 25.5 Å². The van der Waals surface area contributed by atoms with Crippen LogP contribution in [0.15, 0.2) is 35.3 Å². The van der Waals surface area contributed by atoms with Crippen LogP contribution in [-0.2, 0) is 9.53 Å². The largest absolute Gasteiger partial charge is 0.453 e. The number of aliphatic imine (C=N–C) groups is 1. The van der Waals surface area contributed by atoms with Gasteiger partial charge in [0.15, 0.2) is 0 Å². The minimum Gasteiger partial charge on any atom is -0.453 e. The number of carbonyl (C=O) groups is 1. The van der Waals surface area contributed by atoms with Crippen LogP contribution in [-0.4, -0.2) is 17.8 Å². The van der Waals surface area contributed by atoms with E-state index < -0.39 is 5.60 Å². The lowest BCUT2D eigenvalue weighted by atomic mass is 9.91. The summed E-state index contributed by atoms with van der Waals surface area (Å²) in [5.41, 5.74) is 0.485. The van der Waals surface area contributed by atoms with Crippen LogP contribution in [0.3, 0.4) is 0 Å². The number of cyclic esters (lactones) is 1. The summed E-state index contributed by atoms with van der Waals surface area (Å²) < 4.78 is 5.25. The molecule has 15 heavy (non-hydrogen) atoms. The van der Waals surface area contributed by atoms with E-state index in [-0.39, 0.29) is 12.0 Å². The second-order valence-electron chi connectivity index (χ2n) is 4.12. The Labute approximate surface area is 88.8 Å². The van der Waals surface area contributed by atoms with Gasteiger partial charge in [0.05, 0.1) is 0 Å². The molecule has 78 valence electrons. The molecule has 2 rings (SSSR count). The van der Waals surface area contributed by atoms with Crippen molar-refractivity contribution in [2.24, 2.45) is 4.99 Å². The molecule has 0 fully saturated rings. The zero-order chi connectivity index (χ0) is 10.9. The molecule has 1 aromatic rings. The van der Waals surface area contributed by atoms with Gasteiger partial charge in [-0.05, 0) is 19.4 Å². The molecule has 0 unspecified atom stereocenters. The summed E-state index contributed by atoms with van der Waals surface area (Å²) in [6, 6.07) is 9.73. The Hall–Kier alpha value is -1.64. The Balaban J connectivity index is 2.37. The summed E-state index contributed by atoms with van der Waals surface area (Å²) in [6.45, 7) is 3.75. The average Bonchev–Trinajstić information content (AvgIpc) is 2.17. The van der Waals surface area contributed by atoms with Crippen molar-refractivity contribution in [2.75, 3.05) is 0 Å². The Kier molecular flexibility index (Phi) is 2.31. The van der Waals surface area contributed by atoms with Gasteiger partial charge in [0, 0.05) is 0 Å². The first kappa shape index (κ1) is 9.90. The topological polar surface area (TPSA) is 38.7 Å². The normalized spacial score (nSPS) is 23.6. The van der Waals surface area contributed by atoms with Crippen molar-refractivity contribution in [3.05, 3.63) is 35.9 Å². The molecule has 3 nitrogen and oxygen atoms in total. The van der Waals surface area contributed by atoms with E-state index in [2.05, 4.69) is 4.99 Å². The van der Waals surface area contributed by atoms with Gasteiger partial charge >= 0.3 is 5.97 Å². The molecule has 1 aliphatic heterocycles. The molecule has 0 radical (unpaired) electrons. The van der Waals surface area contributed by atoms with Crippen molar-refractivity contribution in [2.45, 2.75) is 25.5 Å². The second kappa shape index (κ2) is 3.50. The van der Waals surface area contributed by atoms with E-state index in [1.54, 1.807) is 0 Å². The van der Waals surface area contributed by atoms with E-state index in [1.165, 1.54) is 6.21 Å². The number of carbonyl (C=O) groups excluding carboxylic acids is 1. The zero-order valence-electron chi connectivity index (χ0n) is 8.81. The number of hydrogen-bond donors (Lipinski definition) is 0. The minimum atomic E-state index is -0.576. The van der Waals surface area contributed by atoms with Gasteiger partial charge < -0.3 is 4.74 Å². The van der Waals surface area contributed by atoms with Gasteiger partial charge in [0.1, 0.15) is 17.9 Å². The number of hydrogen-bond acceptors (Lipinski definition) is 3. The summed E-state index contributed by atoms with van der Waals surface area (Å²) in [5.74, 6) is -0.368. The minimum absolute atomic E-state index is 0.114. The second-order valence-corrected chi connectivity index (χ2v) is 4.12. The predicted molar refractivity (Wildman–Crippen MR) is 57.8 cm³/mol. The third-order valence-corrected chi connectivity index (χ3v) is 2.47. The van der Waals surface area contributed by atoms with Gasteiger partial charge in [0.25, 0.3) is 0 Å². The van der Waals surface area contributed by atoms with Crippen LogP contribution in [0.2, 0.25) is 0 Å². The van der Waals surface area contributed by atoms with Gasteiger partial charge in [-0.2, -0.15) is 0 Å². The van der Waals surface area contributed by atoms with E-state index in [0.29, 0.717) is 0 Å². The number of ether oxygens (including phenoxy) is 1. The van der Waals surface area contributed by atoms with E-state index >= 15 is 0 Å². The Morgan fingerprint density at radius 3 is 2.53 bits per heavy atom. The van der Waals surface area contributed by atoms with Crippen LogP contribution in [0.4, 0.5) is 0 Å². The lowest BCUT2D eigenvalue weighted by molar-refractivity contribution is -0.151. The van der Waals surface area contributed by atoms with Gasteiger partial charge in [0.2, 0.25) is 0 Å². The van der Waals surface area contributed by atoms with Crippen LogP contribution < -0.4 is 0 Å². The van der Waals surface area contributed by atoms with Gasteiger partial charge in [-0.1, -0.05) is 30.3 Å². The van der Waals surface area contributed by atoms with Crippen LogP contribution in [0.5, 0.6) is 0 Å². The Bertz CT molecular complexity index is 395. The molecule has 0 saturated carbocycles. The monoisotopic (exact) mass is 203 g/mol. The van der Waals surface area contributed by atoms with Gasteiger partial charge in [-0.3, -0.25) is 4.99 Å². The highest BCUT2D eigenvalue weighted by Gasteiger charge is 2.36. The molecule has 1 aliphatic rings. The molecular formula is C12H13NO2. The van der Waals surface area contributed by atoms with E-state index in [4.69, 9.17) is 4.74 Å². The average molecular weight is 203 g/mol. The number of esters is 1.